The number of hydrogen-bond acceptors (Lipinski definition) is 5. The van der Waals surface area contributed by atoms with Crippen LogP contribution in [0.3, 0.4) is 0 Å². The first-order chi connectivity index (χ1) is 12.1. The molecule has 25 heavy (non-hydrogen) atoms. The first-order valence-corrected chi connectivity index (χ1v) is 7.86. The summed E-state index contributed by atoms with van der Waals surface area (Å²) >= 11 is 0. The van der Waals surface area contributed by atoms with Gasteiger partial charge in [-0.05, 0) is 36.8 Å². The third-order valence-corrected chi connectivity index (χ3v) is 3.59. The summed E-state index contributed by atoms with van der Waals surface area (Å²) in [5.41, 5.74) is 1.73. The minimum absolute atomic E-state index is 0.0548. The third-order valence-electron chi connectivity index (χ3n) is 3.59. The average molecular weight is 343 g/mol. The summed E-state index contributed by atoms with van der Waals surface area (Å²) in [7, 11) is 1.27. The van der Waals surface area contributed by atoms with Gasteiger partial charge in [-0.1, -0.05) is 12.1 Å². The number of carbonyl (C=O) groups excluding carboxylic acids is 2. The van der Waals surface area contributed by atoms with E-state index in [1.54, 1.807) is 30.5 Å². The van der Waals surface area contributed by atoms with Crippen LogP contribution < -0.4 is 10.6 Å². The van der Waals surface area contributed by atoms with E-state index in [1.807, 2.05) is 18.2 Å². The fraction of sp³-hybridized carbons (Fsp3) is 0.278. The van der Waals surface area contributed by atoms with Gasteiger partial charge in [-0.25, -0.2) is 4.79 Å². The van der Waals surface area contributed by atoms with Gasteiger partial charge in [0.05, 0.1) is 7.11 Å². The molecule has 0 aliphatic heterocycles. The summed E-state index contributed by atoms with van der Waals surface area (Å²) in [5, 5.41) is 14.8. The summed E-state index contributed by atoms with van der Waals surface area (Å²) in [6, 6.07) is 12.1. The molecule has 2 aromatic rings. The smallest absolute Gasteiger partial charge is 0.411 e. The molecule has 0 radical (unpaired) electrons. The number of nitrogens with one attached hydrogen (secondary N) is 2. The Balaban J connectivity index is 1.92. The molecule has 0 unspecified atom stereocenters. The fourth-order valence-electron chi connectivity index (χ4n) is 2.26. The van der Waals surface area contributed by atoms with Gasteiger partial charge in [0, 0.05) is 42.2 Å². The molecule has 2 rings (SSSR count). The number of ether oxygens (including phenoxy) is 1. The van der Waals surface area contributed by atoms with Crippen molar-refractivity contribution in [2.24, 2.45) is 5.92 Å². The maximum absolute atomic E-state index is 12.3. The zero-order valence-electron chi connectivity index (χ0n) is 13.9. The molecule has 1 heterocycles. The van der Waals surface area contributed by atoms with Crippen molar-refractivity contribution < 1.29 is 19.4 Å². The molecular weight excluding hydrogens is 322 g/mol. The SMILES string of the molecule is COC(=O)Nc1cccc(C(=O)NC[C@H](CO)Cc2ccccn2)c1. The van der Waals surface area contributed by atoms with Crippen LogP contribution in [0.2, 0.25) is 0 Å². The molecule has 1 aromatic carbocycles. The highest BCUT2D eigenvalue weighted by atomic mass is 16.5. The van der Waals surface area contributed by atoms with Crippen molar-refractivity contribution in [2.75, 3.05) is 25.6 Å². The maximum atomic E-state index is 12.3. The number of amides is 2. The first-order valence-electron chi connectivity index (χ1n) is 7.86. The number of anilines is 1. The number of aliphatic hydroxyl groups is 1. The van der Waals surface area contributed by atoms with Gasteiger partial charge < -0.3 is 15.2 Å². The molecule has 3 N–H and O–H groups in total. The molecule has 7 nitrogen and oxygen atoms in total. The van der Waals surface area contributed by atoms with Gasteiger partial charge in [-0.15, -0.1) is 0 Å². The number of hydrogen-bond donors (Lipinski definition) is 3. The molecule has 0 spiro atoms. The minimum Gasteiger partial charge on any atom is -0.453 e. The van der Waals surface area contributed by atoms with Crippen LogP contribution in [0.4, 0.5) is 10.5 Å². The van der Waals surface area contributed by atoms with E-state index in [9.17, 15) is 14.7 Å². The zero-order valence-corrected chi connectivity index (χ0v) is 13.9. The van der Waals surface area contributed by atoms with Gasteiger partial charge in [-0.2, -0.15) is 0 Å². The summed E-state index contributed by atoms with van der Waals surface area (Å²) in [6.45, 7) is 0.265. The summed E-state index contributed by atoms with van der Waals surface area (Å²) in [4.78, 5) is 27.7. The predicted octanol–water partition coefficient (Wildman–Crippen LogP) is 1.84. The summed E-state index contributed by atoms with van der Waals surface area (Å²) < 4.78 is 4.52. The quantitative estimate of drug-likeness (QED) is 0.712. The number of nitrogens with zero attached hydrogens (tertiary/aromatic N) is 1. The predicted molar refractivity (Wildman–Crippen MR) is 93.3 cm³/mol. The van der Waals surface area contributed by atoms with Gasteiger partial charge in [0.2, 0.25) is 0 Å². The Morgan fingerprint density at radius 1 is 1.24 bits per heavy atom. The van der Waals surface area contributed by atoms with Gasteiger partial charge in [-0.3, -0.25) is 15.1 Å². The van der Waals surface area contributed by atoms with E-state index in [2.05, 4.69) is 20.4 Å². The van der Waals surface area contributed by atoms with Crippen LogP contribution in [-0.4, -0.2) is 42.4 Å². The van der Waals surface area contributed by atoms with Crippen LogP contribution in [0.1, 0.15) is 16.1 Å². The lowest BCUT2D eigenvalue weighted by molar-refractivity contribution is 0.0939. The number of benzene rings is 1. The van der Waals surface area contributed by atoms with Crippen LogP contribution >= 0.6 is 0 Å². The van der Waals surface area contributed by atoms with Crippen molar-refractivity contribution in [3.63, 3.8) is 0 Å². The van der Waals surface area contributed by atoms with Crippen LogP contribution in [-0.2, 0) is 11.2 Å². The molecule has 1 aromatic heterocycles. The Morgan fingerprint density at radius 3 is 2.76 bits per heavy atom. The molecule has 0 saturated carbocycles. The molecule has 0 aliphatic carbocycles. The number of aliphatic hydroxyl groups excluding tert-OH is 1. The lowest BCUT2D eigenvalue weighted by atomic mass is 10.0. The second-order valence-corrected chi connectivity index (χ2v) is 5.48. The monoisotopic (exact) mass is 343 g/mol. The second kappa shape index (κ2) is 9.39. The number of pyridine rings is 1. The van der Waals surface area contributed by atoms with E-state index >= 15 is 0 Å². The Kier molecular flexibility index (Phi) is 6.91. The fourth-order valence-corrected chi connectivity index (χ4v) is 2.26. The van der Waals surface area contributed by atoms with E-state index in [0.717, 1.165) is 5.69 Å². The molecular formula is C18H21N3O4. The standard InChI is InChI=1S/C18H21N3O4/c1-25-18(24)21-16-7-4-5-14(10-16)17(23)20-11-13(12-22)9-15-6-2-3-8-19-15/h2-8,10,13,22H,9,11-12H2,1H3,(H,20,23)(H,21,24)/t13-/m1/s1. The van der Waals surface area contributed by atoms with E-state index in [1.165, 1.54) is 7.11 Å². The average Bonchev–Trinajstić information content (AvgIpc) is 2.65. The Bertz CT molecular complexity index is 706. The van der Waals surface area contributed by atoms with E-state index < -0.39 is 6.09 Å². The molecule has 2 amide bonds. The van der Waals surface area contributed by atoms with Crippen molar-refractivity contribution in [1.29, 1.82) is 0 Å². The Hall–Kier alpha value is -2.93. The Labute approximate surface area is 146 Å². The minimum atomic E-state index is -0.603. The van der Waals surface area contributed by atoms with Gasteiger partial charge in [0.25, 0.3) is 5.91 Å². The van der Waals surface area contributed by atoms with Gasteiger partial charge in [0.1, 0.15) is 0 Å². The molecule has 0 fully saturated rings. The molecule has 1 atom stereocenters. The zero-order chi connectivity index (χ0) is 18.1. The number of aromatic nitrogens is 1. The maximum Gasteiger partial charge on any atom is 0.411 e. The highest BCUT2D eigenvalue weighted by Gasteiger charge is 2.13. The van der Waals surface area contributed by atoms with Crippen LogP contribution in [0.5, 0.6) is 0 Å². The summed E-state index contributed by atoms with van der Waals surface area (Å²) in [5.74, 6) is -0.414. The first kappa shape index (κ1) is 18.4. The lowest BCUT2D eigenvalue weighted by Gasteiger charge is -2.15. The third kappa shape index (κ3) is 5.89. The van der Waals surface area contributed by atoms with Crippen LogP contribution in [0, 0.1) is 5.92 Å². The number of carbonyl (C=O) groups is 2. The van der Waals surface area contributed by atoms with Crippen molar-refractivity contribution in [1.82, 2.24) is 10.3 Å². The van der Waals surface area contributed by atoms with Crippen LogP contribution in [0.15, 0.2) is 48.7 Å². The van der Waals surface area contributed by atoms with Crippen molar-refractivity contribution >= 4 is 17.7 Å². The van der Waals surface area contributed by atoms with Crippen molar-refractivity contribution in [3.05, 3.63) is 59.9 Å². The number of methoxy groups -OCH3 is 1. The highest BCUT2D eigenvalue weighted by Crippen LogP contribution is 2.11. The molecule has 7 heteroatoms. The van der Waals surface area contributed by atoms with Crippen molar-refractivity contribution in [2.45, 2.75) is 6.42 Å². The highest BCUT2D eigenvalue weighted by molar-refractivity contribution is 5.96. The van der Waals surface area contributed by atoms with Crippen LogP contribution in [0.25, 0.3) is 0 Å². The summed E-state index contributed by atoms with van der Waals surface area (Å²) in [6.07, 6.45) is 1.66. The Morgan fingerprint density at radius 2 is 2.08 bits per heavy atom. The lowest BCUT2D eigenvalue weighted by Crippen LogP contribution is -2.32. The topological polar surface area (TPSA) is 101 Å². The molecule has 0 saturated heterocycles. The van der Waals surface area contributed by atoms with E-state index in [4.69, 9.17) is 0 Å². The number of rotatable bonds is 7. The second-order valence-electron chi connectivity index (χ2n) is 5.48. The molecule has 0 bridgehead atoms. The molecule has 0 aliphatic rings. The normalized spacial score (nSPS) is 11.4. The largest absolute Gasteiger partial charge is 0.453 e. The van der Waals surface area contributed by atoms with Gasteiger partial charge in [0.15, 0.2) is 0 Å². The van der Waals surface area contributed by atoms with E-state index in [0.29, 0.717) is 24.2 Å². The van der Waals surface area contributed by atoms with E-state index in [-0.39, 0.29) is 18.4 Å². The van der Waals surface area contributed by atoms with Crippen molar-refractivity contribution in [3.8, 4) is 0 Å². The van der Waals surface area contributed by atoms with Gasteiger partial charge >= 0.3 is 6.09 Å². The molecule has 132 valence electrons.